The Morgan fingerprint density at radius 3 is 2.57 bits per heavy atom. The number of amides is 1. The Balaban J connectivity index is 1.63. The van der Waals surface area contributed by atoms with Gasteiger partial charge >= 0.3 is 0 Å². The first-order valence-corrected chi connectivity index (χ1v) is 9.99. The van der Waals surface area contributed by atoms with Gasteiger partial charge in [0.2, 0.25) is 0 Å². The van der Waals surface area contributed by atoms with Crippen molar-refractivity contribution in [3.05, 3.63) is 47.3 Å². The number of aryl methyl sites for hydroxylation is 1. The standard InChI is InChI=1S/C23H30N2O3/c1-14-13-19(15(2)25(14)16-7-9-17(27-6)10-8-16)22(26)24(5)20-18-11-12-28-21(18)23(20,3)4/h7-10,13,18,20-21H,11-12H2,1-6H3/t18-,20-,21-/m1/s1. The molecule has 2 aliphatic rings. The predicted molar refractivity (Wildman–Crippen MR) is 109 cm³/mol. The van der Waals surface area contributed by atoms with Gasteiger partial charge in [0.25, 0.3) is 5.91 Å². The van der Waals surface area contributed by atoms with Crippen LogP contribution >= 0.6 is 0 Å². The van der Waals surface area contributed by atoms with E-state index in [2.05, 4.69) is 18.4 Å². The summed E-state index contributed by atoms with van der Waals surface area (Å²) >= 11 is 0. The van der Waals surface area contributed by atoms with Gasteiger partial charge in [0, 0.05) is 48.1 Å². The molecule has 1 amide bonds. The SMILES string of the molecule is COc1ccc(-n2c(C)cc(C(=O)N(C)[C@@H]3[C@H]4CCO[C@H]4C3(C)C)c2C)cc1. The topological polar surface area (TPSA) is 43.7 Å². The van der Waals surface area contributed by atoms with Crippen molar-refractivity contribution < 1.29 is 14.3 Å². The second-order valence-corrected chi connectivity index (χ2v) is 8.74. The molecule has 3 atom stereocenters. The van der Waals surface area contributed by atoms with Crippen LogP contribution in [0.4, 0.5) is 0 Å². The van der Waals surface area contributed by atoms with Crippen LogP contribution in [0.5, 0.6) is 5.75 Å². The molecule has 0 N–H and O–H groups in total. The highest BCUT2D eigenvalue weighted by Gasteiger charge is 2.61. The smallest absolute Gasteiger partial charge is 0.255 e. The molecule has 1 aromatic heterocycles. The molecule has 1 aliphatic carbocycles. The number of nitrogens with zero attached hydrogens (tertiary/aromatic N) is 2. The second kappa shape index (κ2) is 6.66. The maximum Gasteiger partial charge on any atom is 0.255 e. The first-order chi connectivity index (χ1) is 13.3. The van der Waals surface area contributed by atoms with Crippen LogP contribution < -0.4 is 4.74 Å². The van der Waals surface area contributed by atoms with Gasteiger partial charge in [-0.05, 0) is 50.6 Å². The highest BCUT2D eigenvalue weighted by molar-refractivity contribution is 5.96. The van der Waals surface area contributed by atoms with E-state index >= 15 is 0 Å². The lowest BCUT2D eigenvalue weighted by atomic mass is 9.56. The summed E-state index contributed by atoms with van der Waals surface area (Å²) in [5.41, 5.74) is 3.82. The average Bonchev–Trinajstić information content (AvgIpc) is 3.24. The van der Waals surface area contributed by atoms with E-state index in [1.807, 2.05) is 56.1 Å². The van der Waals surface area contributed by atoms with Gasteiger partial charge in [-0.2, -0.15) is 0 Å². The van der Waals surface area contributed by atoms with Gasteiger partial charge in [-0.1, -0.05) is 13.8 Å². The Labute approximate surface area is 167 Å². The van der Waals surface area contributed by atoms with Crippen LogP contribution in [0.15, 0.2) is 30.3 Å². The van der Waals surface area contributed by atoms with Gasteiger partial charge in [-0.3, -0.25) is 4.79 Å². The fraction of sp³-hybridized carbons (Fsp3) is 0.522. The van der Waals surface area contributed by atoms with Crippen molar-refractivity contribution in [3.63, 3.8) is 0 Å². The van der Waals surface area contributed by atoms with Gasteiger partial charge in [0.1, 0.15) is 5.75 Å². The van der Waals surface area contributed by atoms with Gasteiger partial charge in [0.05, 0.1) is 18.8 Å². The lowest BCUT2D eigenvalue weighted by Crippen LogP contribution is -2.66. The van der Waals surface area contributed by atoms with E-state index in [4.69, 9.17) is 9.47 Å². The Morgan fingerprint density at radius 1 is 1.25 bits per heavy atom. The molecular formula is C23H30N2O3. The van der Waals surface area contributed by atoms with Gasteiger partial charge < -0.3 is 18.9 Å². The number of carbonyl (C=O) groups excluding carboxylic acids is 1. The van der Waals surface area contributed by atoms with Crippen LogP contribution in [0.25, 0.3) is 5.69 Å². The number of benzene rings is 1. The third kappa shape index (κ3) is 2.67. The molecule has 5 heteroatoms. The van der Waals surface area contributed by atoms with E-state index < -0.39 is 0 Å². The molecule has 0 spiro atoms. The van der Waals surface area contributed by atoms with E-state index in [1.165, 1.54) is 0 Å². The predicted octanol–water partition coefficient (Wildman–Crippen LogP) is 3.99. The highest BCUT2D eigenvalue weighted by Crippen LogP contribution is 2.54. The molecule has 0 unspecified atom stereocenters. The van der Waals surface area contributed by atoms with Crippen molar-refractivity contribution in [2.45, 2.75) is 46.3 Å². The number of fused-ring (bicyclic) bond motifs is 1. The Hall–Kier alpha value is -2.27. The van der Waals surface area contributed by atoms with Crippen LogP contribution in [0.2, 0.25) is 0 Å². The fourth-order valence-electron chi connectivity index (χ4n) is 5.51. The minimum atomic E-state index is -0.00687. The zero-order valence-corrected chi connectivity index (χ0v) is 17.7. The van der Waals surface area contributed by atoms with Crippen molar-refractivity contribution in [2.24, 2.45) is 11.3 Å². The maximum atomic E-state index is 13.4. The number of rotatable bonds is 4. The largest absolute Gasteiger partial charge is 0.497 e. The summed E-state index contributed by atoms with van der Waals surface area (Å²) in [6.07, 6.45) is 1.32. The van der Waals surface area contributed by atoms with Crippen molar-refractivity contribution in [3.8, 4) is 11.4 Å². The Morgan fingerprint density at radius 2 is 1.93 bits per heavy atom. The minimum Gasteiger partial charge on any atom is -0.497 e. The Kier molecular flexibility index (Phi) is 4.53. The van der Waals surface area contributed by atoms with Crippen molar-refractivity contribution in [1.29, 1.82) is 0 Å². The molecule has 1 saturated heterocycles. The molecule has 2 fully saturated rings. The molecule has 0 bridgehead atoms. The fourth-order valence-corrected chi connectivity index (χ4v) is 5.51. The normalized spacial score (nSPS) is 25.1. The quantitative estimate of drug-likeness (QED) is 0.803. The summed E-state index contributed by atoms with van der Waals surface area (Å²) in [4.78, 5) is 15.4. The summed E-state index contributed by atoms with van der Waals surface area (Å²) in [6, 6.07) is 10.2. The third-order valence-corrected chi connectivity index (χ3v) is 6.77. The molecule has 0 radical (unpaired) electrons. The summed E-state index contributed by atoms with van der Waals surface area (Å²) in [5, 5.41) is 0. The van der Waals surface area contributed by atoms with Crippen LogP contribution in [-0.2, 0) is 4.74 Å². The van der Waals surface area contributed by atoms with E-state index in [0.717, 1.165) is 41.4 Å². The van der Waals surface area contributed by atoms with E-state index in [9.17, 15) is 4.79 Å². The van der Waals surface area contributed by atoms with Crippen molar-refractivity contribution >= 4 is 5.91 Å². The number of ether oxygens (including phenoxy) is 2. The zero-order valence-electron chi connectivity index (χ0n) is 17.7. The molecule has 1 aliphatic heterocycles. The van der Waals surface area contributed by atoms with Crippen LogP contribution in [0.3, 0.4) is 0 Å². The molecule has 1 saturated carbocycles. The molecule has 4 rings (SSSR count). The van der Waals surface area contributed by atoms with Crippen LogP contribution in [0.1, 0.15) is 42.0 Å². The zero-order chi connectivity index (χ0) is 20.2. The summed E-state index contributed by atoms with van der Waals surface area (Å²) in [7, 11) is 3.61. The summed E-state index contributed by atoms with van der Waals surface area (Å²) in [6.45, 7) is 9.31. The number of carbonyl (C=O) groups is 1. The first-order valence-electron chi connectivity index (χ1n) is 9.99. The lowest BCUT2D eigenvalue weighted by molar-refractivity contribution is -0.139. The maximum absolute atomic E-state index is 13.4. The molecule has 5 nitrogen and oxygen atoms in total. The van der Waals surface area contributed by atoms with Crippen LogP contribution in [-0.4, -0.2) is 48.3 Å². The lowest BCUT2D eigenvalue weighted by Gasteiger charge is -2.57. The van der Waals surface area contributed by atoms with E-state index in [0.29, 0.717) is 5.92 Å². The molecule has 28 heavy (non-hydrogen) atoms. The van der Waals surface area contributed by atoms with Gasteiger partial charge in [0.15, 0.2) is 0 Å². The number of aromatic nitrogens is 1. The van der Waals surface area contributed by atoms with E-state index in [1.54, 1.807) is 7.11 Å². The average molecular weight is 383 g/mol. The number of hydrogen-bond acceptors (Lipinski definition) is 3. The third-order valence-electron chi connectivity index (χ3n) is 6.77. The van der Waals surface area contributed by atoms with E-state index in [-0.39, 0.29) is 23.5 Å². The molecule has 2 heterocycles. The van der Waals surface area contributed by atoms with Crippen molar-refractivity contribution in [1.82, 2.24) is 9.47 Å². The van der Waals surface area contributed by atoms with Gasteiger partial charge in [-0.25, -0.2) is 0 Å². The van der Waals surface area contributed by atoms with Crippen molar-refractivity contribution in [2.75, 3.05) is 20.8 Å². The molecular weight excluding hydrogens is 352 g/mol. The highest BCUT2D eigenvalue weighted by atomic mass is 16.5. The minimum absolute atomic E-state index is 0.00687. The number of hydrogen-bond donors (Lipinski definition) is 0. The monoisotopic (exact) mass is 382 g/mol. The summed E-state index contributed by atoms with van der Waals surface area (Å²) in [5.74, 6) is 1.37. The molecule has 2 aromatic rings. The second-order valence-electron chi connectivity index (χ2n) is 8.74. The molecule has 1 aromatic carbocycles. The van der Waals surface area contributed by atoms with Gasteiger partial charge in [-0.15, -0.1) is 0 Å². The Bertz CT molecular complexity index is 897. The molecule has 150 valence electrons. The van der Waals surface area contributed by atoms with Crippen LogP contribution in [0, 0.1) is 25.2 Å². The number of methoxy groups -OCH3 is 1. The summed E-state index contributed by atoms with van der Waals surface area (Å²) < 4.78 is 13.3. The first kappa shape index (κ1) is 19.1.